The maximum Gasteiger partial charge on any atom is 0.167 e. The molecule has 1 unspecified atom stereocenters. The van der Waals surface area contributed by atoms with E-state index in [0.717, 1.165) is 34.6 Å². The number of hydrogen-bond acceptors (Lipinski definition) is 4. The number of H-pyrrole nitrogens is 1. The molecule has 1 aliphatic carbocycles. The number of anilines is 2. The van der Waals surface area contributed by atoms with Crippen LogP contribution in [0.15, 0.2) is 54.9 Å². The average Bonchev–Trinajstić information content (AvgIpc) is 3.02. The van der Waals surface area contributed by atoms with Crippen molar-refractivity contribution >= 4 is 23.4 Å². The second kappa shape index (κ2) is 6.36. The molecule has 25 heavy (non-hydrogen) atoms. The van der Waals surface area contributed by atoms with Gasteiger partial charge in [-0.3, -0.25) is 9.78 Å². The summed E-state index contributed by atoms with van der Waals surface area (Å²) >= 11 is 0. The SMILES string of the molecule is O=CC1CC(=O)c2c([nH]c(-c3ccncc3)c2Nc2ccccc2)C1. The first-order valence-electron chi connectivity index (χ1n) is 8.22. The van der Waals surface area contributed by atoms with Crippen molar-refractivity contribution in [1.29, 1.82) is 0 Å². The fraction of sp³-hybridized carbons (Fsp3) is 0.150. The average molecular weight is 331 g/mol. The predicted molar refractivity (Wildman–Crippen MR) is 96.0 cm³/mol. The first-order valence-corrected chi connectivity index (χ1v) is 8.22. The Balaban J connectivity index is 1.86. The summed E-state index contributed by atoms with van der Waals surface area (Å²) in [5.41, 5.74) is 4.94. The van der Waals surface area contributed by atoms with E-state index in [1.807, 2.05) is 42.5 Å². The Morgan fingerprint density at radius 2 is 1.84 bits per heavy atom. The summed E-state index contributed by atoms with van der Waals surface area (Å²) < 4.78 is 0. The van der Waals surface area contributed by atoms with Gasteiger partial charge >= 0.3 is 0 Å². The molecule has 1 atom stereocenters. The number of nitrogens with one attached hydrogen (secondary N) is 2. The van der Waals surface area contributed by atoms with Crippen LogP contribution >= 0.6 is 0 Å². The minimum atomic E-state index is -0.256. The molecule has 5 heteroatoms. The lowest BCUT2D eigenvalue weighted by Gasteiger charge is -2.17. The molecule has 3 aromatic rings. The fourth-order valence-electron chi connectivity index (χ4n) is 3.31. The van der Waals surface area contributed by atoms with Gasteiger partial charge in [-0.2, -0.15) is 0 Å². The molecule has 0 radical (unpaired) electrons. The number of aldehydes is 1. The van der Waals surface area contributed by atoms with E-state index in [-0.39, 0.29) is 18.1 Å². The summed E-state index contributed by atoms with van der Waals surface area (Å²) in [6.45, 7) is 0. The van der Waals surface area contributed by atoms with E-state index in [4.69, 9.17) is 0 Å². The van der Waals surface area contributed by atoms with Crippen molar-refractivity contribution in [2.45, 2.75) is 12.8 Å². The van der Waals surface area contributed by atoms with Gasteiger partial charge in [0.15, 0.2) is 5.78 Å². The van der Waals surface area contributed by atoms with E-state index in [9.17, 15) is 9.59 Å². The van der Waals surface area contributed by atoms with Gasteiger partial charge in [-0.15, -0.1) is 0 Å². The Hall–Kier alpha value is -3.21. The Bertz CT molecular complexity index is 917. The van der Waals surface area contributed by atoms with E-state index in [2.05, 4.69) is 15.3 Å². The van der Waals surface area contributed by atoms with Crippen LogP contribution in [0.1, 0.15) is 22.5 Å². The van der Waals surface area contributed by atoms with Crippen LogP contribution in [0.4, 0.5) is 11.4 Å². The van der Waals surface area contributed by atoms with Crippen LogP contribution in [0.2, 0.25) is 0 Å². The second-order valence-electron chi connectivity index (χ2n) is 6.18. The first kappa shape index (κ1) is 15.3. The first-order chi connectivity index (χ1) is 12.3. The lowest BCUT2D eigenvalue weighted by Crippen LogP contribution is -2.20. The zero-order chi connectivity index (χ0) is 17.2. The van der Waals surface area contributed by atoms with Crippen molar-refractivity contribution in [2.75, 3.05) is 5.32 Å². The molecule has 5 nitrogen and oxygen atoms in total. The summed E-state index contributed by atoms with van der Waals surface area (Å²) in [5, 5.41) is 3.38. The van der Waals surface area contributed by atoms with Gasteiger partial charge in [0.2, 0.25) is 0 Å². The minimum absolute atomic E-state index is 0.00617. The van der Waals surface area contributed by atoms with Gasteiger partial charge in [0.25, 0.3) is 0 Å². The highest BCUT2D eigenvalue weighted by Crippen LogP contribution is 2.39. The third kappa shape index (κ3) is 2.85. The predicted octanol–water partition coefficient (Wildman–Crippen LogP) is 3.76. The number of rotatable bonds is 4. The number of pyridine rings is 1. The molecule has 1 aromatic carbocycles. The monoisotopic (exact) mass is 331 g/mol. The molecule has 2 heterocycles. The highest BCUT2D eigenvalue weighted by molar-refractivity contribution is 6.08. The van der Waals surface area contributed by atoms with Gasteiger partial charge in [-0.05, 0) is 30.7 Å². The summed E-state index contributed by atoms with van der Waals surface area (Å²) in [6, 6.07) is 13.5. The summed E-state index contributed by atoms with van der Waals surface area (Å²) in [4.78, 5) is 31.3. The molecule has 0 saturated carbocycles. The number of para-hydroxylation sites is 1. The van der Waals surface area contributed by atoms with Gasteiger partial charge in [-0.1, -0.05) is 18.2 Å². The van der Waals surface area contributed by atoms with Crippen LogP contribution in [-0.4, -0.2) is 22.0 Å². The summed E-state index contributed by atoms with van der Waals surface area (Å²) in [6.07, 6.45) is 5.12. The minimum Gasteiger partial charge on any atom is -0.356 e. The molecule has 0 fully saturated rings. The zero-order valence-electron chi connectivity index (χ0n) is 13.5. The number of hydrogen-bond donors (Lipinski definition) is 2. The lowest BCUT2D eigenvalue weighted by molar-refractivity contribution is -0.111. The third-order valence-corrected chi connectivity index (χ3v) is 4.47. The van der Waals surface area contributed by atoms with Crippen molar-refractivity contribution in [3.8, 4) is 11.3 Å². The molecule has 0 aliphatic heterocycles. The van der Waals surface area contributed by atoms with Crippen molar-refractivity contribution < 1.29 is 9.59 Å². The van der Waals surface area contributed by atoms with Crippen molar-refractivity contribution in [3.63, 3.8) is 0 Å². The third-order valence-electron chi connectivity index (χ3n) is 4.47. The van der Waals surface area contributed by atoms with E-state index >= 15 is 0 Å². The standard InChI is InChI=1S/C20H17N3O2/c24-12-13-10-16-18(17(25)11-13)20(22-15-4-2-1-3-5-15)19(23-16)14-6-8-21-9-7-14/h1-9,12-13,22-23H,10-11H2. The Morgan fingerprint density at radius 3 is 2.56 bits per heavy atom. The van der Waals surface area contributed by atoms with Crippen LogP contribution in [0.25, 0.3) is 11.3 Å². The van der Waals surface area contributed by atoms with E-state index < -0.39 is 0 Å². The number of ketones is 1. The molecule has 4 rings (SSSR count). The van der Waals surface area contributed by atoms with Crippen LogP contribution < -0.4 is 5.32 Å². The van der Waals surface area contributed by atoms with Gasteiger partial charge < -0.3 is 15.1 Å². The van der Waals surface area contributed by atoms with Crippen LogP contribution in [0, 0.1) is 5.92 Å². The number of aromatic amines is 1. The molecule has 0 spiro atoms. The van der Waals surface area contributed by atoms with Gasteiger partial charge in [0.1, 0.15) is 6.29 Å². The molecule has 124 valence electrons. The Morgan fingerprint density at radius 1 is 1.08 bits per heavy atom. The van der Waals surface area contributed by atoms with Crippen molar-refractivity contribution in [1.82, 2.24) is 9.97 Å². The lowest BCUT2D eigenvalue weighted by atomic mass is 9.87. The molecule has 2 N–H and O–H groups in total. The normalized spacial score (nSPS) is 16.3. The highest BCUT2D eigenvalue weighted by atomic mass is 16.1. The summed E-state index contributed by atoms with van der Waals surface area (Å²) in [7, 11) is 0. The number of aromatic nitrogens is 2. The van der Waals surface area contributed by atoms with Crippen LogP contribution in [-0.2, 0) is 11.2 Å². The molecule has 2 aromatic heterocycles. The summed E-state index contributed by atoms with van der Waals surface area (Å²) in [5.74, 6) is -0.262. The maximum atomic E-state index is 12.7. The Labute approximate surface area is 145 Å². The number of Topliss-reactive ketones (excluding diaryl/α,β-unsaturated/α-hetero) is 1. The molecule has 0 amide bonds. The van der Waals surface area contributed by atoms with Gasteiger partial charge in [0.05, 0.1) is 16.9 Å². The zero-order valence-corrected chi connectivity index (χ0v) is 13.5. The molecule has 1 aliphatic rings. The Kier molecular flexibility index (Phi) is 3.90. The van der Waals surface area contributed by atoms with Crippen LogP contribution in [0.3, 0.4) is 0 Å². The highest BCUT2D eigenvalue weighted by Gasteiger charge is 2.31. The number of fused-ring (bicyclic) bond motifs is 1. The maximum absolute atomic E-state index is 12.7. The molecular formula is C20H17N3O2. The number of carbonyl (C=O) groups excluding carboxylic acids is 2. The van der Waals surface area contributed by atoms with Crippen molar-refractivity contribution in [2.24, 2.45) is 5.92 Å². The van der Waals surface area contributed by atoms with Gasteiger partial charge in [-0.25, -0.2) is 0 Å². The smallest absolute Gasteiger partial charge is 0.167 e. The second-order valence-corrected chi connectivity index (χ2v) is 6.18. The van der Waals surface area contributed by atoms with Crippen LogP contribution in [0.5, 0.6) is 0 Å². The van der Waals surface area contributed by atoms with E-state index in [1.165, 1.54) is 0 Å². The molecular weight excluding hydrogens is 314 g/mol. The van der Waals surface area contributed by atoms with E-state index in [1.54, 1.807) is 12.4 Å². The fourth-order valence-corrected chi connectivity index (χ4v) is 3.31. The van der Waals surface area contributed by atoms with Crippen molar-refractivity contribution in [3.05, 3.63) is 66.1 Å². The largest absolute Gasteiger partial charge is 0.356 e. The quantitative estimate of drug-likeness (QED) is 0.714. The van der Waals surface area contributed by atoms with Gasteiger partial charge in [0, 0.05) is 41.7 Å². The molecule has 0 saturated heterocycles. The molecule has 0 bridgehead atoms. The number of carbonyl (C=O) groups is 2. The van der Waals surface area contributed by atoms with E-state index in [0.29, 0.717) is 12.0 Å². The number of nitrogens with zero attached hydrogens (tertiary/aromatic N) is 1. The topological polar surface area (TPSA) is 74.8 Å². The number of benzene rings is 1.